The Labute approximate surface area is 278 Å². The van der Waals surface area contributed by atoms with Gasteiger partial charge in [-0.15, -0.1) is 23.4 Å². The third-order valence-electron chi connectivity index (χ3n) is 6.16. The summed E-state index contributed by atoms with van der Waals surface area (Å²) >= 11 is 1.29. The van der Waals surface area contributed by atoms with Gasteiger partial charge in [0.2, 0.25) is 16.9 Å². The van der Waals surface area contributed by atoms with E-state index in [1.165, 1.54) is 35.6 Å². The number of amides is 3. The topological polar surface area (TPSA) is 168 Å². The van der Waals surface area contributed by atoms with Crippen molar-refractivity contribution in [3.63, 3.8) is 0 Å². The van der Waals surface area contributed by atoms with E-state index in [2.05, 4.69) is 46.7 Å². The van der Waals surface area contributed by atoms with Crippen LogP contribution >= 0.6 is 11.3 Å². The SMILES string of the molecule is CC(C)(C)OC(=O)Nc1cccc(CC(=O)Nc2nnc(CCCCC3=CC=C(NC(=O)Cc4cccc(OC(F)(F)F)c4)NN3)s2)n1. The van der Waals surface area contributed by atoms with Crippen molar-refractivity contribution in [2.24, 2.45) is 0 Å². The Balaban J connectivity index is 1.15. The van der Waals surface area contributed by atoms with Gasteiger partial charge in [-0.05, 0) is 82.0 Å². The van der Waals surface area contributed by atoms with Gasteiger partial charge < -0.3 is 25.5 Å². The van der Waals surface area contributed by atoms with E-state index in [0.717, 1.165) is 23.5 Å². The number of carbonyl (C=O) groups excluding carboxylic acids is 3. The highest BCUT2D eigenvalue weighted by Crippen LogP contribution is 2.24. The fraction of sp³-hybridized carbons (Fsp3) is 0.355. The van der Waals surface area contributed by atoms with Gasteiger partial charge in [0.1, 0.15) is 28.0 Å². The highest BCUT2D eigenvalue weighted by atomic mass is 32.1. The molecule has 1 aromatic carbocycles. The molecule has 17 heteroatoms. The first-order chi connectivity index (χ1) is 22.7. The fourth-order valence-corrected chi connectivity index (χ4v) is 5.04. The van der Waals surface area contributed by atoms with Crippen LogP contribution in [0.4, 0.5) is 28.9 Å². The van der Waals surface area contributed by atoms with Crippen molar-refractivity contribution in [3.8, 4) is 5.75 Å². The van der Waals surface area contributed by atoms with Crippen LogP contribution in [0.25, 0.3) is 0 Å². The normalized spacial score (nSPS) is 12.9. The second-order valence-electron chi connectivity index (χ2n) is 11.5. The zero-order valence-electron chi connectivity index (χ0n) is 26.4. The number of nitrogens with zero attached hydrogens (tertiary/aromatic N) is 3. The molecule has 0 saturated heterocycles. The molecule has 13 nitrogen and oxygen atoms in total. The Morgan fingerprint density at radius 3 is 2.35 bits per heavy atom. The van der Waals surface area contributed by atoms with Crippen molar-refractivity contribution >= 4 is 40.2 Å². The summed E-state index contributed by atoms with van der Waals surface area (Å²) in [6, 6.07) is 10.2. The summed E-state index contributed by atoms with van der Waals surface area (Å²) in [5, 5.41) is 17.3. The first-order valence-corrected chi connectivity index (χ1v) is 15.7. The predicted molar refractivity (Wildman–Crippen MR) is 171 cm³/mol. The van der Waals surface area contributed by atoms with Gasteiger partial charge in [0.05, 0.1) is 18.5 Å². The lowest BCUT2D eigenvalue weighted by molar-refractivity contribution is -0.274. The number of allylic oxidation sites excluding steroid dienone is 3. The number of unbranched alkanes of at least 4 members (excludes halogenated alkanes) is 1. The van der Waals surface area contributed by atoms with Gasteiger partial charge in [0, 0.05) is 12.1 Å². The van der Waals surface area contributed by atoms with Crippen LogP contribution in [0.15, 0.2) is 66.1 Å². The molecule has 0 spiro atoms. The minimum absolute atomic E-state index is 0.0244. The molecule has 0 saturated carbocycles. The number of aromatic nitrogens is 3. The number of hydrogen-bond acceptors (Lipinski definition) is 11. The van der Waals surface area contributed by atoms with Crippen LogP contribution in [0.2, 0.25) is 0 Å². The number of rotatable bonds is 13. The fourth-order valence-electron chi connectivity index (χ4n) is 4.25. The van der Waals surface area contributed by atoms with E-state index < -0.39 is 24.0 Å². The molecule has 0 atom stereocenters. The molecule has 4 rings (SSSR count). The molecular weight excluding hydrogens is 653 g/mol. The molecule has 1 aliphatic heterocycles. The lowest BCUT2D eigenvalue weighted by atomic mass is 10.1. The van der Waals surface area contributed by atoms with E-state index in [1.54, 1.807) is 45.0 Å². The molecule has 0 bridgehead atoms. The average molecular weight is 689 g/mol. The predicted octanol–water partition coefficient (Wildman–Crippen LogP) is 5.26. The minimum Gasteiger partial charge on any atom is -0.444 e. The quantitative estimate of drug-likeness (QED) is 0.149. The zero-order chi connectivity index (χ0) is 34.7. The Bertz CT molecular complexity index is 1670. The molecular formula is C31H35F3N8O5S. The summed E-state index contributed by atoms with van der Waals surface area (Å²) in [4.78, 5) is 41.2. The third kappa shape index (κ3) is 12.9. The summed E-state index contributed by atoms with van der Waals surface area (Å²) in [5.41, 5.74) is 6.98. The molecule has 3 aromatic rings. The lowest BCUT2D eigenvalue weighted by Crippen LogP contribution is -2.41. The van der Waals surface area contributed by atoms with Crippen LogP contribution < -0.4 is 31.5 Å². The summed E-state index contributed by atoms with van der Waals surface area (Å²) in [5.74, 6) is -0.458. The highest BCUT2D eigenvalue weighted by Gasteiger charge is 2.31. The molecule has 5 N–H and O–H groups in total. The lowest BCUT2D eigenvalue weighted by Gasteiger charge is -2.20. The van der Waals surface area contributed by atoms with Gasteiger partial charge in [-0.2, -0.15) is 0 Å². The number of benzene rings is 1. The van der Waals surface area contributed by atoms with Gasteiger partial charge in [-0.1, -0.05) is 29.5 Å². The maximum Gasteiger partial charge on any atom is 0.573 e. The number of hydrogen-bond donors (Lipinski definition) is 5. The standard InChI is InChI=1S/C31H35F3N8O5S/c1-30(2,3)47-29(45)37-23-12-7-10-21(35-23)18-26(44)38-28-42-41-27(48-28)13-5-4-9-20-14-15-24(40-39-20)36-25(43)17-19-8-6-11-22(16-19)46-31(32,33)34/h6-8,10-12,14-16,39-40H,4-5,9,13,17-18H2,1-3H3,(H,36,43)(H,35,37,45)(H,38,42,44). The average Bonchev–Trinajstić information content (AvgIpc) is 3.41. The molecule has 48 heavy (non-hydrogen) atoms. The van der Waals surface area contributed by atoms with E-state index in [0.29, 0.717) is 35.1 Å². The zero-order valence-corrected chi connectivity index (χ0v) is 27.2. The Morgan fingerprint density at radius 1 is 0.875 bits per heavy atom. The third-order valence-corrected chi connectivity index (χ3v) is 7.06. The van der Waals surface area contributed by atoms with Crippen LogP contribution in [0.3, 0.4) is 0 Å². The molecule has 3 heterocycles. The maximum absolute atomic E-state index is 12.6. The number of nitrogens with one attached hydrogen (secondary N) is 5. The molecule has 3 amide bonds. The smallest absolute Gasteiger partial charge is 0.444 e. The summed E-state index contributed by atoms with van der Waals surface area (Å²) in [6.07, 6.45) is 0.921. The Morgan fingerprint density at radius 2 is 1.62 bits per heavy atom. The number of alkyl halides is 3. The van der Waals surface area contributed by atoms with Crippen LogP contribution in [0.1, 0.15) is 56.3 Å². The molecule has 256 valence electrons. The van der Waals surface area contributed by atoms with Crippen molar-refractivity contribution in [1.29, 1.82) is 0 Å². The van der Waals surface area contributed by atoms with Crippen molar-refractivity contribution in [3.05, 3.63) is 82.4 Å². The van der Waals surface area contributed by atoms with Crippen molar-refractivity contribution < 1.29 is 37.0 Å². The summed E-state index contributed by atoms with van der Waals surface area (Å²) < 4.78 is 46.5. The van der Waals surface area contributed by atoms with Gasteiger partial charge in [-0.3, -0.25) is 20.3 Å². The van der Waals surface area contributed by atoms with Gasteiger partial charge in [0.25, 0.3) is 0 Å². The molecule has 0 radical (unpaired) electrons. The van der Waals surface area contributed by atoms with E-state index in [1.807, 2.05) is 6.08 Å². The second kappa shape index (κ2) is 16.1. The maximum atomic E-state index is 12.6. The number of carbonyl (C=O) groups is 3. The molecule has 2 aromatic heterocycles. The van der Waals surface area contributed by atoms with E-state index >= 15 is 0 Å². The number of hydrazine groups is 1. The first kappa shape index (κ1) is 35.7. The Kier molecular flexibility index (Phi) is 11.9. The van der Waals surface area contributed by atoms with Crippen molar-refractivity contribution in [1.82, 2.24) is 31.3 Å². The largest absolute Gasteiger partial charge is 0.573 e. The summed E-state index contributed by atoms with van der Waals surface area (Å²) in [7, 11) is 0. The minimum atomic E-state index is -4.81. The first-order valence-electron chi connectivity index (χ1n) is 14.8. The van der Waals surface area contributed by atoms with E-state index in [-0.39, 0.29) is 30.3 Å². The Hall–Kier alpha value is -5.19. The van der Waals surface area contributed by atoms with Crippen molar-refractivity contribution in [2.45, 2.75) is 71.3 Å². The van der Waals surface area contributed by atoms with E-state index in [4.69, 9.17) is 4.74 Å². The van der Waals surface area contributed by atoms with Gasteiger partial charge in [-0.25, -0.2) is 9.78 Å². The number of aryl methyl sites for hydroxylation is 1. The number of halogens is 3. The molecule has 1 aliphatic rings. The number of pyridine rings is 1. The van der Waals surface area contributed by atoms with Gasteiger partial charge >= 0.3 is 12.5 Å². The number of anilines is 2. The molecule has 0 fully saturated rings. The number of ether oxygens (including phenoxy) is 2. The molecule has 0 unspecified atom stereocenters. The van der Waals surface area contributed by atoms with Crippen LogP contribution in [0, 0.1) is 0 Å². The monoisotopic (exact) mass is 688 g/mol. The summed E-state index contributed by atoms with van der Waals surface area (Å²) in [6.45, 7) is 5.26. The highest BCUT2D eigenvalue weighted by molar-refractivity contribution is 7.15. The molecule has 0 aliphatic carbocycles. The second-order valence-corrected chi connectivity index (χ2v) is 12.6. The van der Waals surface area contributed by atoms with Crippen molar-refractivity contribution in [2.75, 3.05) is 10.6 Å². The van der Waals surface area contributed by atoms with Crippen LogP contribution in [-0.4, -0.2) is 45.1 Å². The van der Waals surface area contributed by atoms with E-state index in [9.17, 15) is 27.6 Å². The van der Waals surface area contributed by atoms with Crippen LogP contribution in [0.5, 0.6) is 5.75 Å². The van der Waals surface area contributed by atoms with Crippen LogP contribution in [-0.2, 0) is 33.6 Å². The van der Waals surface area contributed by atoms with Gasteiger partial charge in [0.15, 0.2) is 0 Å².